The van der Waals surface area contributed by atoms with Crippen LogP contribution in [0.2, 0.25) is 0 Å². The minimum atomic E-state index is -0.132. The smallest absolute Gasteiger partial charge is 0.226 e. The van der Waals surface area contributed by atoms with Crippen LogP contribution in [0.15, 0.2) is 30.9 Å². The summed E-state index contributed by atoms with van der Waals surface area (Å²) >= 11 is 0. The number of hydrogen-bond donors (Lipinski definition) is 2. The predicted octanol–water partition coefficient (Wildman–Crippen LogP) is 2.77. The van der Waals surface area contributed by atoms with E-state index in [1.54, 1.807) is 13.2 Å². The lowest BCUT2D eigenvalue weighted by molar-refractivity contribution is -0.116. The molecule has 0 saturated heterocycles. The zero-order chi connectivity index (χ0) is 16.4. The van der Waals surface area contributed by atoms with Crippen molar-refractivity contribution in [2.75, 3.05) is 19.0 Å². The van der Waals surface area contributed by atoms with Crippen molar-refractivity contribution in [1.82, 2.24) is 10.2 Å². The van der Waals surface area contributed by atoms with E-state index in [4.69, 9.17) is 9.47 Å². The minimum absolute atomic E-state index is 0.0634. The van der Waals surface area contributed by atoms with E-state index >= 15 is 0 Å². The monoisotopic (exact) mass is 313 g/mol. The number of aryl methyl sites for hydroxylation is 1. The number of benzene rings is 1. The maximum Gasteiger partial charge on any atom is 0.226 e. The van der Waals surface area contributed by atoms with E-state index in [-0.39, 0.29) is 11.8 Å². The average Bonchev–Trinajstić information content (AvgIpc) is 2.92. The van der Waals surface area contributed by atoms with Crippen LogP contribution < -0.4 is 14.8 Å². The summed E-state index contributed by atoms with van der Waals surface area (Å²) in [5.41, 5.74) is 2.83. The van der Waals surface area contributed by atoms with Crippen LogP contribution in [0.3, 0.4) is 0 Å². The van der Waals surface area contributed by atoms with Gasteiger partial charge in [-0.1, -0.05) is 24.8 Å². The van der Waals surface area contributed by atoms with E-state index < -0.39 is 0 Å². The number of amides is 1. The van der Waals surface area contributed by atoms with Gasteiger partial charge >= 0.3 is 0 Å². The Bertz CT molecular complexity index is 752. The zero-order valence-electron chi connectivity index (χ0n) is 13.2. The van der Waals surface area contributed by atoms with Crippen molar-refractivity contribution >= 4 is 11.7 Å². The molecule has 0 fully saturated rings. The third kappa shape index (κ3) is 2.67. The van der Waals surface area contributed by atoms with Crippen LogP contribution in [-0.4, -0.2) is 29.8 Å². The molecule has 0 saturated carbocycles. The molecule has 120 valence electrons. The van der Waals surface area contributed by atoms with Gasteiger partial charge in [0.25, 0.3) is 0 Å². The standard InChI is InChI=1S/C17H19N3O3/c1-4-8-23-16-11(6-5-7-13(16)22-3)12-9-14(21)18-17-15(12)10(2)19-20-17/h4-7,12H,1,8-9H2,2-3H3,(H2,18,19,20,21)/t12-/m0/s1. The molecule has 0 radical (unpaired) electrons. The summed E-state index contributed by atoms with van der Waals surface area (Å²) in [6, 6.07) is 5.70. The molecular weight excluding hydrogens is 294 g/mol. The number of nitrogens with one attached hydrogen (secondary N) is 2. The van der Waals surface area contributed by atoms with Crippen LogP contribution in [0.1, 0.15) is 29.2 Å². The van der Waals surface area contributed by atoms with Crippen LogP contribution in [0, 0.1) is 6.92 Å². The molecule has 23 heavy (non-hydrogen) atoms. The van der Waals surface area contributed by atoms with E-state index in [0.29, 0.717) is 30.3 Å². The molecule has 0 unspecified atom stereocenters. The number of nitrogens with zero attached hydrogens (tertiary/aromatic N) is 1. The fraction of sp³-hybridized carbons (Fsp3) is 0.294. The number of methoxy groups -OCH3 is 1. The topological polar surface area (TPSA) is 76.2 Å². The van der Waals surface area contributed by atoms with Gasteiger partial charge in [0.05, 0.1) is 7.11 Å². The Morgan fingerprint density at radius 1 is 1.48 bits per heavy atom. The Labute approximate surface area is 134 Å². The molecule has 2 heterocycles. The molecule has 1 aliphatic heterocycles. The van der Waals surface area contributed by atoms with Crippen molar-refractivity contribution in [1.29, 1.82) is 0 Å². The molecule has 1 amide bonds. The van der Waals surface area contributed by atoms with E-state index in [1.165, 1.54) is 0 Å². The van der Waals surface area contributed by atoms with Gasteiger partial charge in [0, 0.05) is 29.2 Å². The van der Waals surface area contributed by atoms with Gasteiger partial charge in [-0.2, -0.15) is 5.10 Å². The van der Waals surface area contributed by atoms with Crippen molar-refractivity contribution in [2.24, 2.45) is 0 Å². The molecule has 6 heteroatoms. The van der Waals surface area contributed by atoms with E-state index in [1.807, 2.05) is 25.1 Å². The molecule has 2 N–H and O–H groups in total. The van der Waals surface area contributed by atoms with Gasteiger partial charge in [-0.25, -0.2) is 0 Å². The highest BCUT2D eigenvalue weighted by Gasteiger charge is 2.33. The first-order valence-electron chi connectivity index (χ1n) is 7.41. The van der Waals surface area contributed by atoms with Crippen LogP contribution in [-0.2, 0) is 4.79 Å². The second-order valence-corrected chi connectivity index (χ2v) is 5.39. The lowest BCUT2D eigenvalue weighted by Gasteiger charge is -2.25. The summed E-state index contributed by atoms with van der Waals surface area (Å²) in [6.45, 7) is 5.99. The third-order valence-corrected chi connectivity index (χ3v) is 3.94. The van der Waals surface area contributed by atoms with Crippen molar-refractivity contribution in [3.05, 3.63) is 47.7 Å². The Hall–Kier alpha value is -2.76. The highest BCUT2D eigenvalue weighted by atomic mass is 16.5. The number of aromatic nitrogens is 2. The first-order valence-corrected chi connectivity index (χ1v) is 7.41. The van der Waals surface area contributed by atoms with Gasteiger partial charge in [-0.05, 0) is 13.0 Å². The van der Waals surface area contributed by atoms with E-state index in [0.717, 1.165) is 16.8 Å². The zero-order valence-corrected chi connectivity index (χ0v) is 13.2. The highest BCUT2D eigenvalue weighted by molar-refractivity contribution is 5.94. The van der Waals surface area contributed by atoms with Gasteiger partial charge in [-0.3, -0.25) is 9.89 Å². The Morgan fingerprint density at radius 3 is 3.04 bits per heavy atom. The Balaban J connectivity index is 2.12. The number of hydrogen-bond acceptors (Lipinski definition) is 4. The fourth-order valence-electron chi connectivity index (χ4n) is 2.96. The molecule has 1 aromatic carbocycles. The van der Waals surface area contributed by atoms with Gasteiger partial charge in [0.2, 0.25) is 5.91 Å². The molecule has 6 nitrogen and oxygen atoms in total. The lowest BCUT2D eigenvalue weighted by atomic mass is 9.85. The number of ether oxygens (including phenoxy) is 2. The number of carbonyl (C=O) groups excluding carboxylic acids is 1. The second kappa shape index (κ2) is 6.16. The summed E-state index contributed by atoms with van der Waals surface area (Å²) < 4.78 is 11.2. The van der Waals surface area contributed by atoms with Gasteiger partial charge in [0.15, 0.2) is 17.3 Å². The number of fused-ring (bicyclic) bond motifs is 1. The summed E-state index contributed by atoms with van der Waals surface area (Å²) in [6.07, 6.45) is 2.02. The Morgan fingerprint density at radius 2 is 2.30 bits per heavy atom. The summed E-state index contributed by atoms with van der Waals surface area (Å²) in [5, 5.41) is 9.91. The van der Waals surface area contributed by atoms with Crippen molar-refractivity contribution in [3.8, 4) is 11.5 Å². The number of para-hydroxylation sites is 1. The minimum Gasteiger partial charge on any atom is -0.493 e. The molecule has 1 aromatic heterocycles. The molecule has 1 aliphatic rings. The average molecular weight is 313 g/mol. The van der Waals surface area contributed by atoms with Crippen molar-refractivity contribution in [2.45, 2.75) is 19.3 Å². The SMILES string of the molecule is C=CCOc1c(OC)cccc1[C@@H]1CC(=O)Nc2n[nH]c(C)c21. The van der Waals surface area contributed by atoms with Gasteiger partial charge < -0.3 is 14.8 Å². The largest absolute Gasteiger partial charge is 0.493 e. The predicted molar refractivity (Wildman–Crippen MR) is 87.1 cm³/mol. The fourth-order valence-corrected chi connectivity index (χ4v) is 2.96. The second-order valence-electron chi connectivity index (χ2n) is 5.39. The quantitative estimate of drug-likeness (QED) is 0.832. The van der Waals surface area contributed by atoms with Crippen LogP contribution >= 0.6 is 0 Å². The summed E-state index contributed by atoms with van der Waals surface area (Å²) in [7, 11) is 1.60. The molecular formula is C17H19N3O3. The number of carbonyl (C=O) groups is 1. The lowest BCUT2D eigenvalue weighted by Crippen LogP contribution is -2.24. The maximum atomic E-state index is 12.0. The third-order valence-electron chi connectivity index (χ3n) is 3.94. The molecule has 2 aromatic rings. The summed E-state index contributed by atoms with van der Waals surface area (Å²) in [5.74, 6) is 1.67. The number of aromatic amines is 1. The maximum absolute atomic E-state index is 12.0. The van der Waals surface area contributed by atoms with Crippen molar-refractivity contribution in [3.63, 3.8) is 0 Å². The van der Waals surface area contributed by atoms with E-state index in [2.05, 4.69) is 22.1 Å². The number of rotatable bonds is 5. The number of anilines is 1. The Kier molecular flexibility index (Phi) is 4.06. The number of H-pyrrole nitrogens is 1. The molecule has 0 bridgehead atoms. The van der Waals surface area contributed by atoms with Crippen LogP contribution in [0.25, 0.3) is 0 Å². The summed E-state index contributed by atoms with van der Waals surface area (Å²) in [4.78, 5) is 12.0. The normalized spacial score (nSPS) is 16.4. The van der Waals surface area contributed by atoms with Crippen molar-refractivity contribution < 1.29 is 14.3 Å². The van der Waals surface area contributed by atoms with Gasteiger partial charge in [0.1, 0.15) is 6.61 Å². The molecule has 3 rings (SSSR count). The van der Waals surface area contributed by atoms with Gasteiger partial charge in [-0.15, -0.1) is 0 Å². The molecule has 1 atom stereocenters. The first-order chi connectivity index (χ1) is 11.2. The van der Waals surface area contributed by atoms with E-state index in [9.17, 15) is 4.79 Å². The molecule has 0 aliphatic carbocycles. The van der Waals surface area contributed by atoms with Crippen LogP contribution in [0.5, 0.6) is 11.5 Å². The van der Waals surface area contributed by atoms with Crippen LogP contribution in [0.4, 0.5) is 5.82 Å². The molecule has 0 spiro atoms. The first kappa shape index (κ1) is 15.1. The highest BCUT2D eigenvalue weighted by Crippen LogP contribution is 2.44.